The summed E-state index contributed by atoms with van der Waals surface area (Å²) < 4.78 is 4.55. The zero-order valence-electron chi connectivity index (χ0n) is 8.24. The Labute approximate surface area is 93.2 Å². The van der Waals surface area contributed by atoms with Gasteiger partial charge in [0, 0.05) is 24.6 Å². The van der Waals surface area contributed by atoms with Gasteiger partial charge in [-0.2, -0.15) is 0 Å². The van der Waals surface area contributed by atoms with Crippen LogP contribution in [0.15, 0.2) is 0 Å². The van der Waals surface area contributed by atoms with Crippen molar-refractivity contribution < 1.29 is 0 Å². The second kappa shape index (κ2) is 4.55. The van der Waals surface area contributed by atoms with Crippen molar-refractivity contribution >= 4 is 23.1 Å². The zero-order valence-corrected chi connectivity index (χ0v) is 9.81. The standard InChI is InChI=1S/C9H14ClN3S/c1-13(5-7-3-2-4-7)6-8-9(10)14-12-11-8/h7H,2-6H2,1H3. The molecule has 0 radical (unpaired) electrons. The van der Waals surface area contributed by atoms with Gasteiger partial charge in [0.05, 0.1) is 0 Å². The Bertz CT molecular complexity index is 298. The third-order valence-electron chi connectivity index (χ3n) is 2.72. The predicted octanol–water partition coefficient (Wildman–Crippen LogP) is 2.42. The van der Waals surface area contributed by atoms with Crippen LogP contribution in [-0.4, -0.2) is 28.1 Å². The minimum absolute atomic E-state index is 0.727. The smallest absolute Gasteiger partial charge is 0.138 e. The molecule has 14 heavy (non-hydrogen) atoms. The first-order valence-electron chi connectivity index (χ1n) is 4.91. The molecule has 0 N–H and O–H groups in total. The Morgan fingerprint density at radius 1 is 1.57 bits per heavy atom. The van der Waals surface area contributed by atoms with Crippen molar-refractivity contribution in [3.05, 3.63) is 10.0 Å². The van der Waals surface area contributed by atoms with Crippen LogP contribution in [0, 0.1) is 5.92 Å². The van der Waals surface area contributed by atoms with E-state index in [2.05, 4.69) is 21.5 Å². The number of rotatable bonds is 4. The molecule has 0 spiro atoms. The van der Waals surface area contributed by atoms with E-state index >= 15 is 0 Å². The molecule has 0 aromatic carbocycles. The maximum Gasteiger partial charge on any atom is 0.138 e. The van der Waals surface area contributed by atoms with Gasteiger partial charge in [0.1, 0.15) is 10.0 Å². The van der Waals surface area contributed by atoms with Crippen molar-refractivity contribution in [2.75, 3.05) is 13.6 Å². The summed E-state index contributed by atoms with van der Waals surface area (Å²) in [5, 5.41) is 4.00. The normalized spacial score (nSPS) is 17.4. The highest BCUT2D eigenvalue weighted by atomic mass is 35.5. The van der Waals surface area contributed by atoms with Gasteiger partial charge in [0.2, 0.25) is 0 Å². The molecule has 1 aromatic rings. The molecule has 0 bridgehead atoms. The first kappa shape index (κ1) is 10.3. The quantitative estimate of drug-likeness (QED) is 0.797. The van der Waals surface area contributed by atoms with Crippen LogP contribution in [0.5, 0.6) is 0 Å². The first-order chi connectivity index (χ1) is 6.75. The Kier molecular flexibility index (Phi) is 3.36. The molecule has 3 nitrogen and oxygen atoms in total. The molecule has 1 fully saturated rings. The molecular weight excluding hydrogens is 218 g/mol. The van der Waals surface area contributed by atoms with Gasteiger partial charge in [-0.3, -0.25) is 0 Å². The number of aromatic nitrogens is 2. The largest absolute Gasteiger partial charge is 0.300 e. The second-order valence-corrected chi connectivity index (χ2v) is 5.34. The number of nitrogens with zero attached hydrogens (tertiary/aromatic N) is 3. The molecule has 0 aliphatic heterocycles. The van der Waals surface area contributed by atoms with Crippen molar-refractivity contribution in [3.8, 4) is 0 Å². The summed E-state index contributed by atoms with van der Waals surface area (Å²) in [6, 6.07) is 0. The first-order valence-corrected chi connectivity index (χ1v) is 6.06. The van der Waals surface area contributed by atoms with E-state index in [1.807, 2.05) is 0 Å². The highest BCUT2D eigenvalue weighted by Crippen LogP contribution is 2.27. The van der Waals surface area contributed by atoms with Gasteiger partial charge in [-0.1, -0.05) is 22.5 Å². The molecule has 2 rings (SSSR count). The summed E-state index contributed by atoms with van der Waals surface area (Å²) >= 11 is 7.20. The average Bonchev–Trinajstić information content (AvgIpc) is 2.45. The molecule has 0 amide bonds. The van der Waals surface area contributed by atoms with Crippen LogP contribution in [0.1, 0.15) is 25.0 Å². The van der Waals surface area contributed by atoms with Gasteiger partial charge in [0.15, 0.2) is 0 Å². The lowest BCUT2D eigenvalue weighted by molar-refractivity contribution is 0.199. The fraction of sp³-hybridized carbons (Fsp3) is 0.778. The van der Waals surface area contributed by atoms with Crippen LogP contribution in [0.2, 0.25) is 4.34 Å². The lowest BCUT2D eigenvalue weighted by Crippen LogP contribution is -2.29. The highest BCUT2D eigenvalue weighted by Gasteiger charge is 2.19. The maximum absolute atomic E-state index is 5.94. The Hall–Kier alpha value is -0.190. The van der Waals surface area contributed by atoms with Crippen LogP contribution in [0.4, 0.5) is 0 Å². The predicted molar refractivity (Wildman–Crippen MR) is 58.6 cm³/mol. The van der Waals surface area contributed by atoms with E-state index in [1.54, 1.807) is 0 Å². The molecule has 1 aliphatic rings. The Morgan fingerprint density at radius 2 is 2.36 bits per heavy atom. The number of hydrogen-bond acceptors (Lipinski definition) is 4. The van der Waals surface area contributed by atoms with Crippen molar-refractivity contribution in [2.24, 2.45) is 5.92 Å². The van der Waals surface area contributed by atoms with Gasteiger partial charge >= 0.3 is 0 Å². The summed E-state index contributed by atoms with van der Waals surface area (Å²) in [5.74, 6) is 0.894. The van der Waals surface area contributed by atoms with Crippen molar-refractivity contribution in [1.82, 2.24) is 14.5 Å². The molecular formula is C9H14ClN3S. The second-order valence-electron chi connectivity index (χ2n) is 3.99. The fourth-order valence-electron chi connectivity index (χ4n) is 1.73. The minimum atomic E-state index is 0.727. The summed E-state index contributed by atoms with van der Waals surface area (Å²) in [7, 11) is 2.12. The van der Waals surface area contributed by atoms with Crippen LogP contribution in [0.25, 0.3) is 0 Å². The third-order valence-corrected chi connectivity index (χ3v) is 3.71. The fourth-order valence-corrected chi connectivity index (χ4v) is 2.34. The third kappa shape index (κ3) is 2.43. The van der Waals surface area contributed by atoms with E-state index in [0.29, 0.717) is 0 Å². The van der Waals surface area contributed by atoms with Crippen molar-refractivity contribution in [2.45, 2.75) is 25.8 Å². The summed E-state index contributed by atoms with van der Waals surface area (Å²) in [6.07, 6.45) is 4.16. The van der Waals surface area contributed by atoms with Gasteiger partial charge in [-0.15, -0.1) is 5.10 Å². The SMILES string of the molecule is CN(Cc1nnsc1Cl)CC1CCC1. The summed E-state index contributed by atoms with van der Waals surface area (Å²) in [4.78, 5) is 2.28. The van der Waals surface area contributed by atoms with Crippen LogP contribution in [0.3, 0.4) is 0 Å². The topological polar surface area (TPSA) is 29.0 Å². The molecule has 1 aromatic heterocycles. The van der Waals surface area contributed by atoms with Crippen molar-refractivity contribution in [3.63, 3.8) is 0 Å². The lowest BCUT2D eigenvalue weighted by atomic mass is 9.85. The Morgan fingerprint density at radius 3 is 2.86 bits per heavy atom. The minimum Gasteiger partial charge on any atom is -0.300 e. The summed E-state index contributed by atoms with van der Waals surface area (Å²) in [5.41, 5.74) is 0.915. The van der Waals surface area contributed by atoms with E-state index < -0.39 is 0 Å². The number of hydrogen-bond donors (Lipinski definition) is 0. The molecule has 0 atom stereocenters. The van der Waals surface area contributed by atoms with E-state index in [0.717, 1.165) is 29.0 Å². The van der Waals surface area contributed by atoms with E-state index in [1.165, 1.54) is 30.8 Å². The average molecular weight is 232 g/mol. The van der Waals surface area contributed by atoms with Crippen LogP contribution in [-0.2, 0) is 6.54 Å². The van der Waals surface area contributed by atoms with Crippen LogP contribution < -0.4 is 0 Å². The molecule has 1 saturated carbocycles. The molecule has 1 heterocycles. The Balaban J connectivity index is 1.81. The molecule has 0 saturated heterocycles. The van der Waals surface area contributed by atoms with Gasteiger partial charge < -0.3 is 4.90 Å². The van der Waals surface area contributed by atoms with E-state index in [4.69, 9.17) is 11.6 Å². The van der Waals surface area contributed by atoms with Gasteiger partial charge in [-0.05, 0) is 25.8 Å². The monoisotopic (exact) mass is 231 g/mol. The zero-order chi connectivity index (χ0) is 9.97. The number of halogens is 1. The molecule has 1 aliphatic carbocycles. The van der Waals surface area contributed by atoms with E-state index in [9.17, 15) is 0 Å². The van der Waals surface area contributed by atoms with E-state index in [-0.39, 0.29) is 0 Å². The highest BCUT2D eigenvalue weighted by molar-refractivity contribution is 7.10. The van der Waals surface area contributed by atoms with Gasteiger partial charge in [-0.25, -0.2) is 0 Å². The maximum atomic E-state index is 5.94. The lowest BCUT2D eigenvalue weighted by Gasteiger charge is -2.29. The van der Waals surface area contributed by atoms with Crippen molar-refractivity contribution in [1.29, 1.82) is 0 Å². The molecule has 0 unspecified atom stereocenters. The molecule has 78 valence electrons. The summed E-state index contributed by atoms with van der Waals surface area (Å²) in [6.45, 7) is 1.99. The van der Waals surface area contributed by atoms with Gasteiger partial charge in [0.25, 0.3) is 0 Å². The van der Waals surface area contributed by atoms with Crippen LogP contribution >= 0.6 is 23.1 Å². The molecule has 5 heteroatoms.